The highest BCUT2D eigenvalue weighted by Gasteiger charge is 2.15. The van der Waals surface area contributed by atoms with Gasteiger partial charge in [-0.1, -0.05) is 0 Å². The molecule has 0 aromatic carbocycles. The van der Waals surface area contributed by atoms with Gasteiger partial charge in [-0.15, -0.1) is 22.7 Å². The summed E-state index contributed by atoms with van der Waals surface area (Å²) in [5, 5.41) is 4.02. The predicted octanol–water partition coefficient (Wildman–Crippen LogP) is 3.26. The van der Waals surface area contributed by atoms with E-state index in [0.717, 1.165) is 24.3 Å². The van der Waals surface area contributed by atoms with Crippen molar-refractivity contribution in [1.29, 1.82) is 0 Å². The van der Waals surface area contributed by atoms with Gasteiger partial charge in [-0.3, -0.25) is 9.59 Å². The van der Waals surface area contributed by atoms with Crippen molar-refractivity contribution in [1.82, 2.24) is 10.3 Å². The lowest BCUT2D eigenvalue weighted by Gasteiger charge is -2.06. The average Bonchev–Trinajstić information content (AvgIpc) is 3.13. The Labute approximate surface area is 137 Å². The summed E-state index contributed by atoms with van der Waals surface area (Å²) in [5.74, 6) is -0.115. The largest absolute Gasteiger partial charge is 0.351 e. The first-order valence-corrected chi connectivity index (χ1v) is 9.13. The zero-order valence-corrected chi connectivity index (χ0v) is 14.1. The molecule has 0 radical (unpaired) electrons. The first-order valence-electron chi connectivity index (χ1n) is 7.50. The molecule has 0 unspecified atom stereocenters. The zero-order chi connectivity index (χ0) is 15.5. The monoisotopic (exact) mass is 334 g/mol. The van der Waals surface area contributed by atoms with Crippen LogP contribution in [0.5, 0.6) is 0 Å². The smallest absolute Gasteiger partial charge is 0.261 e. The second-order valence-corrected chi connectivity index (χ2v) is 7.66. The highest BCUT2D eigenvalue weighted by Crippen LogP contribution is 2.26. The molecule has 2 heterocycles. The summed E-state index contributed by atoms with van der Waals surface area (Å²) in [6.45, 7) is 2.09. The third-order valence-electron chi connectivity index (χ3n) is 3.69. The summed E-state index contributed by atoms with van der Waals surface area (Å²) in [5.41, 5.74) is 1.27. The van der Waals surface area contributed by atoms with Crippen molar-refractivity contribution in [3.63, 3.8) is 0 Å². The standard InChI is InChI=1S/C16H18N2O2S2/c1-10(19)12-6-7-14(21-12)16(20)17-9-8-15-18-11-4-2-3-5-13(11)22-15/h6-7H,2-5,8-9H2,1H3,(H,17,20). The molecule has 1 aliphatic rings. The minimum absolute atomic E-state index is 0.00239. The quantitative estimate of drug-likeness (QED) is 0.854. The number of hydrogen-bond acceptors (Lipinski definition) is 5. The molecule has 4 nitrogen and oxygen atoms in total. The van der Waals surface area contributed by atoms with E-state index in [4.69, 9.17) is 0 Å². The van der Waals surface area contributed by atoms with Crippen LogP contribution in [0.25, 0.3) is 0 Å². The molecule has 1 aliphatic carbocycles. The topological polar surface area (TPSA) is 59.1 Å². The van der Waals surface area contributed by atoms with E-state index in [1.54, 1.807) is 23.5 Å². The van der Waals surface area contributed by atoms with Crippen LogP contribution in [-0.4, -0.2) is 23.2 Å². The van der Waals surface area contributed by atoms with Crippen LogP contribution in [0.3, 0.4) is 0 Å². The van der Waals surface area contributed by atoms with Gasteiger partial charge in [0.25, 0.3) is 5.91 Å². The summed E-state index contributed by atoms with van der Waals surface area (Å²) < 4.78 is 0. The lowest BCUT2D eigenvalue weighted by molar-refractivity contribution is 0.0957. The van der Waals surface area contributed by atoms with E-state index in [0.29, 0.717) is 16.3 Å². The van der Waals surface area contributed by atoms with Gasteiger partial charge < -0.3 is 5.32 Å². The number of aromatic nitrogens is 1. The van der Waals surface area contributed by atoms with Gasteiger partial charge in [-0.2, -0.15) is 0 Å². The van der Waals surface area contributed by atoms with Gasteiger partial charge in [-0.05, 0) is 44.7 Å². The Morgan fingerprint density at radius 2 is 1.95 bits per heavy atom. The average molecular weight is 334 g/mol. The van der Waals surface area contributed by atoms with Gasteiger partial charge in [0, 0.05) is 17.8 Å². The van der Waals surface area contributed by atoms with Crippen LogP contribution in [0.1, 0.15) is 54.7 Å². The molecule has 0 fully saturated rings. The first-order chi connectivity index (χ1) is 10.6. The van der Waals surface area contributed by atoms with Gasteiger partial charge in [0.1, 0.15) is 0 Å². The first kappa shape index (κ1) is 15.4. The summed E-state index contributed by atoms with van der Waals surface area (Å²) in [4.78, 5) is 30.6. The van der Waals surface area contributed by atoms with Crippen molar-refractivity contribution in [3.8, 4) is 0 Å². The van der Waals surface area contributed by atoms with Gasteiger partial charge in [0.15, 0.2) is 5.78 Å². The summed E-state index contributed by atoms with van der Waals surface area (Å²) >= 11 is 3.03. The van der Waals surface area contributed by atoms with Crippen molar-refractivity contribution in [2.45, 2.75) is 39.0 Å². The molecule has 2 aromatic rings. The number of nitrogens with zero attached hydrogens (tertiary/aromatic N) is 1. The number of hydrogen-bond donors (Lipinski definition) is 1. The molecule has 1 N–H and O–H groups in total. The molecule has 0 spiro atoms. The molecule has 0 bridgehead atoms. The van der Waals surface area contributed by atoms with Crippen molar-refractivity contribution in [2.75, 3.05) is 6.54 Å². The lowest BCUT2D eigenvalue weighted by atomic mass is 10.0. The van der Waals surface area contributed by atoms with Crippen LogP contribution in [0.2, 0.25) is 0 Å². The molecule has 0 atom stereocenters. The van der Waals surface area contributed by atoms with E-state index >= 15 is 0 Å². The number of thiophene rings is 1. The molecular weight excluding hydrogens is 316 g/mol. The number of carbonyl (C=O) groups excluding carboxylic acids is 2. The zero-order valence-electron chi connectivity index (χ0n) is 12.5. The number of carbonyl (C=O) groups is 2. The maximum Gasteiger partial charge on any atom is 0.261 e. The fourth-order valence-electron chi connectivity index (χ4n) is 2.53. The molecule has 1 amide bonds. The normalized spacial score (nSPS) is 13.7. The number of Topliss-reactive ketones (excluding diaryl/α,β-unsaturated/α-hetero) is 1. The van der Waals surface area contributed by atoms with E-state index < -0.39 is 0 Å². The van der Waals surface area contributed by atoms with Gasteiger partial charge in [0.05, 0.1) is 20.5 Å². The molecule has 3 rings (SSSR count). The van der Waals surface area contributed by atoms with Crippen LogP contribution in [0, 0.1) is 0 Å². The number of amides is 1. The van der Waals surface area contributed by atoms with E-state index in [-0.39, 0.29) is 11.7 Å². The van der Waals surface area contributed by atoms with Crippen LogP contribution >= 0.6 is 22.7 Å². The highest BCUT2D eigenvalue weighted by molar-refractivity contribution is 7.16. The van der Waals surface area contributed by atoms with Gasteiger partial charge >= 0.3 is 0 Å². The van der Waals surface area contributed by atoms with Crippen molar-refractivity contribution in [2.24, 2.45) is 0 Å². The Hall–Kier alpha value is -1.53. The number of aryl methyl sites for hydroxylation is 2. The maximum atomic E-state index is 12.0. The van der Waals surface area contributed by atoms with Crippen molar-refractivity contribution >= 4 is 34.4 Å². The highest BCUT2D eigenvalue weighted by atomic mass is 32.1. The molecule has 0 saturated carbocycles. The number of nitrogens with one attached hydrogen (secondary N) is 1. The van der Waals surface area contributed by atoms with E-state index in [1.807, 2.05) is 0 Å². The van der Waals surface area contributed by atoms with E-state index in [2.05, 4.69) is 10.3 Å². The molecule has 116 valence electrons. The van der Waals surface area contributed by atoms with Crippen molar-refractivity contribution in [3.05, 3.63) is 37.5 Å². The fraction of sp³-hybridized carbons (Fsp3) is 0.438. The fourth-order valence-corrected chi connectivity index (χ4v) is 4.51. The van der Waals surface area contributed by atoms with Crippen molar-refractivity contribution < 1.29 is 9.59 Å². The number of ketones is 1. The van der Waals surface area contributed by atoms with E-state index in [1.165, 1.54) is 41.7 Å². The van der Waals surface area contributed by atoms with Gasteiger partial charge in [0.2, 0.25) is 0 Å². The summed E-state index contributed by atoms with van der Waals surface area (Å²) in [6, 6.07) is 3.41. The molecule has 0 aliphatic heterocycles. The lowest BCUT2D eigenvalue weighted by Crippen LogP contribution is -2.24. The Morgan fingerprint density at radius 3 is 2.68 bits per heavy atom. The molecular formula is C16H18N2O2S2. The van der Waals surface area contributed by atoms with Crippen LogP contribution in [-0.2, 0) is 19.3 Å². The molecule has 2 aromatic heterocycles. The Morgan fingerprint density at radius 1 is 1.18 bits per heavy atom. The minimum Gasteiger partial charge on any atom is -0.351 e. The number of thiazole rings is 1. The molecule has 22 heavy (non-hydrogen) atoms. The SMILES string of the molecule is CC(=O)c1ccc(C(=O)NCCc2nc3c(s2)CCCC3)s1. The molecule has 6 heteroatoms. The Bertz CT molecular complexity index is 679. The minimum atomic E-state index is -0.112. The van der Waals surface area contributed by atoms with Gasteiger partial charge in [-0.25, -0.2) is 4.98 Å². The summed E-state index contributed by atoms with van der Waals surface area (Å²) in [6.07, 6.45) is 5.53. The van der Waals surface area contributed by atoms with E-state index in [9.17, 15) is 9.59 Å². The third-order valence-corrected chi connectivity index (χ3v) is 6.09. The second kappa shape index (κ2) is 6.71. The van der Waals surface area contributed by atoms with Crippen LogP contribution in [0.4, 0.5) is 0 Å². The molecule has 0 saturated heterocycles. The maximum absolute atomic E-state index is 12.0. The predicted molar refractivity (Wildman–Crippen MR) is 89.1 cm³/mol. The van der Waals surface area contributed by atoms with Crippen LogP contribution in [0.15, 0.2) is 12.1 Å². The number of fused-ring (bicyclic) bond motifs is 1. The number of rotatable bonds is 5. The third kappa shape index (κ3) is 3.44. The second-order valence-electron chi connectivity index (χ2n) is 5.41. The summed E-state index contributed by atoms with van der Waals surface area (Å²) in [7, 11) is 0. The Balaban J connectivity index is 1.52. The van der Waals surface area contributed by atoms with Crippen LogP contribution < -0.4 is 5.32 Å². The Kier molecular flexibility index (Phi) is 4.69.